The lowest BCUT2D eigenvalue weighted by molar-refractivity contribution is 0.169. The number of nitrogens with one attached hydrogen (secondary N) is 1. The number of hydrogen-bond donors (Lipinski definition) is 3. The fourth-order valence-corrected chi connectivity index (χ4v) is 0.890. The van der Waals surface area contributed by atoms with E-state index in [-0.39, 0.29) is 19.3 Å². The first kappa shape index (κ1) is 10.1. The minimum Gasteiger partial charge on any atom is -0.395 e. The van der Waals surface area contributed by atoms with Crippen LogP contribution in [0.2, 0.25) is 0 Å². The molecule has 1 rings (SSSR count). The molecule has 6 nitrogen and oxygen atoms in total. The molecule has 0 bridgehead atoms. The summed E-state index contributed by atoms with van der Waals surface area (Å²) in [7, 11) is 1.84. The number of aliphatic hydroxyl groups excluding tert-OH is 2. The van der Waals surface area contributed by atoms with Crippen LogP contribution in [-0.4, -0.2) is 44.2 Å². The number of hydrogen-bond acceptors (Lipinski definition) is 5. The molecule has 0 amide bonds. The summed E-state index contributed by atoms with van der Waals surface area (Å²) in [6.07, 6.45) is 1.60. The molecule has 1 heterocycles. The van der Waals surface area contributed by atoms with Gasteiger partial charge in [-0.15, -0.1) is 10.2 Å². The predicted molar refractivity (Wildman–Crippen MR) is 45.8 cm³/mol. The molecular formula is C7H14N4O2. The molecule has 0 radical (unpaired) electrons. The van der Waals surface area contributed by atoms with Crippen LogP contribution in [0.5, 0.6) is 0 Å². The zero-order valence-electron chi connectivity index (χ0n) is 7.51. The highest BCUT2D eigenvalue weighted by atomic mass is 16.3. The third-order valence-electron chi connectivity index (χ3n) is 1.79. The van der Waals surface area contributed by atoms with Crippen LogP contribution in [0.25, 0.3) is 0 Å². The number of nitrogens with zero attached hydrogens (tertiary/aromatic N) is 3. The van der Waals surface area contributed by atoms with Gasteiger partial charge < -0.3 is 20.1 Å². The van der Waals surface area contributed by atoms with Gasteiger partial charge >= 0.3 is 0 Å². The summed E-state index contributed by atoms with van der Waals surface area (Å²) in [6.45, 7) is 0.311. The van der Waals surface area contributed by atoms with Crippen molar-refractivity contribution in [2.24, 2.45) is 7.05 Å². The summed E-state index contributed by atoms with van der Waals surface area (Å²) in [6, 6.07) is -0.295. The molecule has 0 aliphatic rings. The topological polar surface area (TPSA) is 83.2 Å². The first-order valence-corrected chi connectivity index (χ1v) is 4.06. The van der Waals surface area contributed by atoms with E-state index < -0.39 is 0 Å². The van der Waals surface area contributed by atoms with Gasteiger partial charge in [-0.1, -0.05) is 0 Å². The van der Waals surface area contributed by atoms with E-state index in [1.165, 1.54) is 0 Å². The monoisotopic (exact) mass is 186 g/mol. The summed E-state index contributed by atoms with van der Waals surface area (Å²) >= 11 is 0. The lowest BCUT2D eigenvalue weighted by Crippen LogP contribution is -2.35. The Kier molecular flexibility index (Phi) is 3.81. The van der Waals surface area contributed by atoms with E-state index in [2.05, 4.69) is 15.5 Å². The first-order valence-electron chi connectivity index (χ1n) is 4.06. The largest absolute Gasteiger partial charge is 0.395 e. The van der Waals surface area contributed by atoms with Crippen LogP contribution >= 0.6 is 0 Å². The molecule has 0 aromatic carbocycles. The van der Waals surface area contributed by atoms with E-state index in [1.54, 1.807) is 10.9 Å². The minimum absolute atomic E-state index is 0.0889. The Morgan fingerprint density at radius 3 is 2.69 bits per heavy atom. The van der Waals surface area contributed by atoms with Crippen LogP contribution in [0.4, 0.5) is 0 Å². The molecule has 0 saturated heterocycles. The Labute approximate surface area is 76.2 Å². The van der Waals surface area contributed by atoms with Crippen LogP contribution in [0.1, 0.15) is 5.82 Å². The fraction of sp³-hybridized carbons (Fsp3) is 0.714. The summed E-state index contributed by atoms with van der Waals surface area (Å²) < 4.78 is 1.78. The molecule has 1 aromatic rings. The maximum Gasteiger partial charge on any atom is 0.146 e. The van der Waals surface area contributed by atoms with E-state index in [0.29, 0.717) is 6.54 Å². The molecule has 0 atom stereocenters. The lowest BCUT2D eigenvalue weighted by Gasteiger charge is -2.11. The second kappa shape index (κ2) is 4.90. The summed E-state index contributed by atoms with van der Waals surface area (Å²) in [5.74, 6) is 0.770. The average Bonchev–Trinajstić information content (AvgIpc) is 2.54. The zero-order chi connectivity index (χ0) is 9.68. The van der Waals surface area contributed by atoms with Crippen LogP contribution in [0.15, 0.2) is 6.33 Å². The number of rotatable bonds is 5. The number of aryl methyl sites for hydroxylation is 1. The molecular weight excluding hydrogens is 172 g/mol. The van der Waals surface area contributed by atoms with Crippen LogP contribution in [-0.2, 0) is 13.6 Å². The van der Waals surface area contributed by atoms with Gasteiger partial charge in [0.05, 0.1) is 25.8 Å². The van der Waals surface area contributed by atoms with Gasteiger partial charge in [-0.3, -0.25) is 0 Å². The van der Waals surface area contributed by atoms with Gasteiger partial charge in [-0.2, -0.15) is 0 Å². The molecule has 0 fully saturated rings. The van der Waals surface area contributed by atoms with Crippen molar-refractivity contribution in [2.75, 3.05) is 13.2 Å². The van der Waals surface area contributed by atoms with E-state index in [4.69, 9.17) is 10.2 Å². The normalized spacial score (nSPS) is 11.1. The molecule has 0 unspecified atom stereocenters. The molecule has 74 valence electrons. The summed E-state index contributed by atoms with van der Waals surface area (Å²) in [5, 5.41) is 28.0. The standard InChI is InChI=1S/C7H14N4O2/c1-11-5-9-10-7(11)2-8-6(3-12)4-13/h5-6,8,12-13H,2-4H2,1H3. The van der Waals surface area contributed by atoms with Gasteiger partial charge in [0.15, 0.2) is 0 Å². The van der Waals surface area contributed by atoms with Gasteiger partial charge in [0.1, 0.15) is 12.2 Å². The second-order valence-corrected chi connectivity index (χ2v) is 2.80. The van der Waals surface area contributed by atoms with Crippen molar-refractivity contribution < 1.29 is 10.2 Å². The maximum atomic E-state index is 8.76. The molecule has 0 aliphatic heterocycles. The Morgan fingerprint density at radius 1 is 1.54 bits per heavy atom. The van der Waals surface area contributed by atoms with Crippen LogP contribution < -0.4 is 5.32 Å². The highest BCUT2D eigenvalue weighted by molar-refractivity contribution is 4.84. The Balaban J connectivity index is 2.38. The SMILES string of the molecule is Cn1cnnc1CNC(CO)CO. The van der Waals surface area contributed by atoms with Crippen molar-refractivity contribution in [3.8, 4) is 0 Å². The van der Waals surface area contributed by atoms with E-state index in [0.717, 1.165) is 5.82 Å². The molecule has 0 saturated carbocycles. The van der Waals surface area contributed by atoms with Gasteiger partial charge in [0, 0.05) is 7.05 Å². The van der Waals surface area contributed by atoms with Crippen molar-refractivity contribution >= 4 is 0 Å². The van der Waals surface area contributed by atoms with Crippen molar-refractivity contribution in [3.63, 3.8) is 0 Å². The predicted octanol–water partition coefficient (Wildman–Crippen LogP) is -1.74. The highest BCUT2D eigenvalue weighted by Gasteiger charge is 2.06. The highest BCUT2D eigenvalue weighted by Crippen LogP contribution is 1.91. The maximum absolute atomic E-state index is 8.76. The second-order valence-electron chi connectivity index (χ2n) is 2.80. The van der Waals surface area contributed by atoms with E-state index >= 15 is 0 Å². The van der Waals surface area contributed by atoms with Gasteiger partial charge in [-0.25, -0.2) is 0 Å². The minimum atomic E-state index is -0.295. The molecule has 3 N–H and O–H groups in total. The quantitative estimate of drug-likeness (QED) is 0.508. The van der Waals surface area contributed by atoms with Gasteiger partial charge in [0.25, 0.3) is 0 Å². The van der Waals surface area contributed by atoms with Crippen LogP contribution in [0.3, 0.4) is 0 Å². The zero-order valence-corrected chi connectivity index (χ0v) is 7.51. The van der Waals surface area contributed by atoms with E-state index in [1.807, 2.05) is 7.05 Å². The van der Waals surface area contributed by atoms with Crippen LogP contribution in [0, 0.1) is 0 Å². The average molecular weight is 186 g/mol. The molecule has 0 aliphatic carbocycles. The Bertz CT molecular complexity index is 246. The van der Waals surface area contributed by atoms with Crippen molar-refractivity contribution in [2.45, 2.75) is 12.6 Å². The van der Waals surface area contributed by atoms with Crippen molar-refractivity contribution in [1.29, 1.82) is 0 Å². The third kappa shape index (κ3) is 2.76. The lowest BCUT2D eigenvalue weighted by atomic mass is 10.3. The van der Waals surface area contributed by atoms with Gasteiger partial charge in [0.2, 0.25) is 0 Å². The van der Waals surface area contributed by atoms with E-state index in [9.17, 15) is 0 Å². The summed E-state index contributed by atoms with van der Waals surface area (Å²) in [4.78, 5) is 0. The first-order chi connectivity index (χ1) is 6.27. The van der Waals surface area contributed by atoms with Crippen molar-refractivity contribution in [3.05, 3.63) is 12.2 Å². The molecule has 0 spiro atoms. The Morgan fingerprint density at radius 2 is 2.23 bits per heavy atom. The molecule has 13 heavy (non-hydrogen) atoms. The van der Waals surface area contributed by atoms with Gasteiger partial charge in [-0.05, 0) is 0 Å². The Hall–Kier alpha value is -0.980. The van der Waals surface area contributed by atoms with Crippen molar-refractivity contribution in [1.82, 2.24) is 20.1 Å². The third-order valence-corrected chi connectivity index (χ3v) is 1.79. The molecule has 6 heteroatoms. The number of aromatic nitrogens is 3. The smallest absolute Gasteiger partial charge is 0.146 e. The summed E-state index contributed by atoms with van der Waals surface area (Å²) in [5.41, 5.74) is 0. The fourth-order valence-electron chi connectivity index (χ4n) is 0.890. The molecule has 1 aromatic heterocycles. The number of aliphatic hydroxyl groups is 2.